The molecule has 0 unspecified atom stereocenters. The Hall–Kier alpha value is -1.33. The number of benzene rings is 1. The summed E-state index contributed by atoms with van der Waals surface area (Å²) in [4.78, 5) is 16.5. The van der Waals surface area contributed by atoms with Gasteiger partial charge in [0, 0.05) is 11.1 Å². The van der Waals surface area contributed by atoms with Crippen LogP contribution in [0.5, 0.6) is 0 Å². The van der Waals surface area contributed by atoms with Crippen molar-refractivity contribution in [2.45, 2.75) is 37.1 Å². The van der Waals surface area contributed by atoms with Crippen molar-refractivity contribution in [3.05, 3.63) is 47.0 Å². The first kappa shape index (κ1) is 16.0. The van der Waals surface area contributed by atoms with Gasteiger partial charge in [-0.2, -0.15) is 0 Å². The molecule has 1 heterocycles. The molecule has 0 spiro atoms. The summed E-state index contributed by atoms with van der Waals surface area (Å²) in [6.45, 7) is 4.10. The second-order valence-corrected chi connectivity index (χ2v) is 6.94. The summed E-state index contributed by atoms with van der Waals surface area (Å²) < 4.78 is 0.953. The van der Waals surface area contributed by atoms with Crippen molar-refractivity contribution < 1.29 is 4.79 Å². The highest BCUT2D eigenvalue weighted by Gasteiger charge is 2.14. The van der Waals surface area contributed by atoms with Crippen LogP contribution >= 0.6 is 23.1 Å². The van der Waals surface area contributed by atoms with Gasteiger partial charge in [0.05, 0.1) is 11.8 Å². The molecule has 1 N–H and O–H groups in total. The minimum atomic E-state index is 0.0650. The van der Waals surface area contributed by atoms with E-state index in [-0.39, 0.29) is 11.9 Å². The summed E-state index contributed by atoms with van der Waals surface area (Å²) in [6, 6.07) is 10.3. The summed E-state index contributed by atoms with van der Waals surface area (Å²) in [5.74, 6) is 0.482. The maximum atomic E-state index is 12.1. The Bertz CT molecular complexity index is 569. The van der Waals surface area contributed by atoms with Crippen LogP contribution in [0.1, 0.15) is 37.1 Å². The fraction of sp³-hybridized carbons (Fsp3) is 0.375. The highest BCUT2D eigenvalue weighted by molar-refractivity contribution is 8.01. The Morgan fingerprint density at radius 1 is 1.38 bits per heavy atom. The number of hydrogen-bond acceptors (Lipinski definition) is 4. The van der Waals surface area contributed by atoms with E-state index in [0.29, 0.717) is 5.75 Å². The van der Waals surface area contributed by atoms with Gasteiger partial charge in [-0.1, -0.05) is 55.4 Å². The lowest BCUT2D eigenvalue weighted by Crippen LogP contribution is -2.29. The Morgan fingerprint density at radius 3 is 2.76 bits per heavy atom. The van der Waals surface area contributed by atoms with Crippen LogP contribution in [0.4, 0.5) is 0 Å². The van der Waals surface area contributed by atoms with Crippen molar-refractivity contribution in [1.29, 1.82) is 0 Å². The van der Waals surface area contributed by atoms with Crippen molar-refractivity contribution in [3.63, 3.8) is 0 Å². The van der Waals surface area contributed by atoms with Gasteiger partial charge in [-0.15, -0.1) is 11.3 Å². The number of nitrogens with zero attached hydrogens (tertiary/aromatic N) is 1. The average Bonchev–Trinajstić information content (AvgIpc) is 2.91. The molecule has 1 aromatic heterocycles. The maximum Gasteiger partial charge on any atom is 0.230 e. The van der Waals surface area contributed by atoms with Gasteiger partial charge in [0.25, 0.3) is 0 Å². The van der Waals surface area contributed by atoms with Crippen LogP contribution in [0.15, 0.2) is 40.1 Å². The van der Waals surface area contributed by atoms with E-state index in [1.54, 1.807) is 11.3 Å². The second kappa shape index (κ2) is 8.20. The lowest BCUT2D eigenvalue weighted by Gasteiger charge is -2.18. The molecule has 0 aliphatic heterocycles. The Kier molecular flexibility index (Phi) is 6.26. The van der Waals surface area contributed by atoms with Crippen LogP contribution in [0.2, 0.25) is 0 Å². The topological polar surface area (TPSA) is 42.0 Å². The minimum absolute atomic E-state index is 0.0650. The summed E-state index contributed by atoms with van der Waals surface area (Å²) in [6.07, 6.45) is 2.00. The van der Waals surface area contributed by atoms with Crippen LogP contribution < -0.4 is 5.32 Å². The summed E-state index contributed by atoms with van der Waals surface area (Å²) in [7, 11) is 0. The van der Waals surface area contributed by atoms with Gasteiger partial charge in [-0.3, -0.25) is 4.79 Å². The van der Waals surface area contributed by atoms with Gasteiger partial charge in [-0.25, -0.2) is 4.98 Å². The first-order chi connectivity index (χ1) is 10.2. The average molecular weight is 320 g/mol. The summed E-state index contributed by atoms with van der Waals surface area (Å²) in [5.41, 5.74) is 2.18. The van der Waals surface area contributed by atoms with Crippen molar-refractivity contribution in [3.8, 4) is 0 Å². The first-order valence-corrected chi connectivity index (χ1v) is 8.94. The van der Waals surface area contributed by atoms with Gasteiger partial charge in [0.1, 0.15) is 0 Å². The molecule has 1 amide bonds. The minimum Gasteiger partial charge on any atom is -0.349 e. The third-order valence-electron chi connectivity index (χ3n) is 3.04. The molecule has 0 saturated carbocycles. The molecular weight excluding hydrogens is 300 g/mol. The Labute approximate surface area is 134 Å². The molecule has 0 aliphatic rings. The molecule has 2 aromatic rings. The third kappa shape index (κ3) is 5.17. The number of thioether (sulfide) groups is 1. The first-order valence-electron chi connectivity index (χ1n) is 7.08. The van der Waals surface area contributed by atoms with Crippen LogP contribution in [0.3, 0.4) is 0 Å². The lowest BCUT2D eigenvalue weighted by atomic mass is 10.0. The molecule has 0 bridgehead atoms. The van der Waals surface area contributed by atoms with Crippen LogP contribution in [-0.4, -0.2) is 16.6 Å². The number of carbonyl (C=O) groups excluding carboxylic acids is 1. The fourth-order valence-corrected chi connectivity index (χ4v) is 3.72. The van der Waals surface area contributed by atoms with Crippen molar-refractivity contribution in [2.75, 3.05) is 5.75 Å². The number of aromatic nitrogens is 1. The SMILES string of the molecule is CCC[C@H](NC(=O)CSc1nc(C)cs1)c1ccccc1. The standard InChI is InChI=1S/C16H20N2OS2/c1-3-7-14(13-8-5-4-6-9-13)18-15(19)11-21-16-17-12(2)10-20-16/h4-6,8-10,14H,3,7,11H2,1-2H3,(H,18,19)/t14-/m0/s1. The van der Waals surface area contributed by atoms with Crippen molar-refractivity contribution >= 4 is 29.0 Å². The summed E-state index contributed by atoms with van der Waals surface area (Å²) >= 11 is 3.09. The zero-order valence-electron chi connectivity index (χ0n) is 12.3. The van der Waals surface area contributed by atoms with Crippen molar-refractivity contribution in [1.82, 2.24) is 10.3 Å². The number of carbonyl (C=O) groups is 1. The Balaban J connectivity index is 1.89. The molecule has 1 atom stereocenters. The number of thiazole rings is 1. The molecule has 1 aromatic carbocycles. The quantitative estimate of drug-likeness (QED) is 0.777. The predicted octanol–water partition coefficient (Wildman–Crippen LogP) is 4.20. The number of rotatable bonds is 7. The molecule has 112 valence electrons. The number of aryl methyl sites for hydroxylation is 1. The predicted molar refractivity (Wildman–Crippen MR) is 89.8 cm³/mol. The zero-order valence-corrected chi connectivity index (χ0v) is 14.0. The number of nitrogens with one attached hydrogen (secondary N) is 1. The van der Waals surface area contributed by atoms with Gasteiger partial charge in [0.2, 0.25) is 5.91 Å². The molecule has 0 fully saturated rings. The molecule has 2 rings (SSSR count). The van der Waals surface area contributed by atoms with E-state index in [1.807, 2.05) is 30.5 Å². The van der Waals surface area contributed by atoms with Gasteiger partial charge in [-0.05, 0) is 18.9 Å². The van der Waals surface area contributed by atoms with E-state index in [4.69, 9.17) is 0 Å². The van der Waals surface area contributed by atoms with E-state index in [1.165, 1.54) is 17.3 Å². The van der Waals surface area contributed by atoms with E-state index in [0.717, 1.165) is 22.9 Å². The van der Waals surface area contributed by atoms with E-state index < -0.39 is 0 Å². The van der Waals surface area contributed by atoms with Gasteiger partial charge < -0.3 is 5.32 Å². The normalized spacial score (nSPS) is 12.1. The largest absolute Gasteiger partial charge is 0.349 e. The molecular formula is C16H20N2OS2. The zero-order chi connectivity index (χ0) is 15.1. The van der Waals surface area contributed by atoms with Gasteiger partial charge >= 0.3 is 0 Å². The number of amides is 1. The van der Waals surface area contributed by atoms with Crippen LogP contribution in [0.25, 0.3) is 0 Å². The molecule has 0 radical (unpaired) electrons. The molecule has 0 saturated heterocycles. The molecule has 3 nitrogen and oxygen atoms in total. The van der Waals surface area contributed by atoms with E-state index in [2.05, 4.69) is 29.4 Å². The van der Waals surface area contributed by atoms with E-state index in [9.17, 15) is 4.79 Å². The third-order valence-corrected chi connectivity index (χ3v) is 5.18. The highest BCUT2D eigenvalue weighted by Crippen LogP contribution is 2.23. The highest BCUT2D eigenvalue weighted by atomic mass is 32.2. The maximum absolute atomic E-state index is 12.1. The van der Waals surface area contributed by atoms with Crippen molar-refractivity contribution in [2.24, 2.45) is 0 Å². The summed E-state index contributed by atoms with van der Waals surface area (Å²) in [5, 5.41) is 5.13. The monoisotopic (exact) mass is 320 g/mol. The smallest absolute Gasteiger partial charge is 0.230 e. The lowest BCUT2D eigenvalue weighted by molar-refractivity contribution is -0.119. The van der Waals surface area contributed by atoms with Crippen LogP contribution in [-0.2, 0) is 4.79 Å². The van der Waals surface area contributed by atoms with Gasteiger partial charge in [0.15, 0.2) is 4.34 Å². The number of hydrogen-bond donors (Lipinski definition) is 1. The van der Waals surface area contributed by atoms with Crippen LogP contribution in [0, 0.1) is 6.92 Å². The molecule has 21 heavy (non-hydrogen) atoms. The fourth-order valence-electron chi connectivity index (χ4n) is 2.06. The molecule has 5 heteroatoms. The molecule has 0 aliphatic carbocycles. The van der Waals surface area contributed by atoms with E-state index >= 15 is 0 Å². The Morgan fingerprint density at radius 2 is 2.14 bits per heavy atom. The second-order valence-electron chi connectivity index (χ2n) is 4.86.